The maximum absolute atomic E-state index is 11.5. The largest absolute Gasteiger partial charge is 0.459 e. The molecular weight excluding hydrogens is 190 g/mol. The molecule has 0 radical (unpaired) electrons. The van der Waals surface area contributed by atoms with Gasteiger partial charge in [-0.2, -0.15) is 0 Å². The Morgan fingerprint density at radius 1 is 1.27 bits per heavy atom. The van der Waals surface area contributed by atoms with E-state index >= 15 is 0 Å². The fraction of sp³-hybridized carbons (Fsp3) is 0.917. The Bertz CT molecular complexity index is 185. The third-order valence-corrected chi connectivity index (χ3v) is 2.08. The molecule has 0 amide bonds. The summed E-state index contributed by atoms with van der Waals surface area (Å²) >= 11 is 0. The highest BCUT2D eigenvalue weighted by Crippen LogP contribution is 2.11. The van der Waals surface area contributed by atoms with Crippen molar-refractivity contribution < 1.29 is 9.53 Å². The maximum Gasteiger partial charge on any atom is 0.323 e. The second kappa shape index (κ2) is 6.83. The van der Waals surface area contributed by atoms with Crippen molar-refractivity contribution in [3.05, 3.63) is 0 Å². The molecule has 0 unspecified atom stereocenters. The summed E-state index contributed by atoms with van der Waals surface area (Å²) in [7, 11) is 0. The van der Waals surface area contributed by atoms with Gasteiger partial charge >= 0.3 is 5.97 Å². The van der Waals surface area contributed by atoms with Gasteiger partial charge in [0, 0.05) is 0 Å². The van der Waals surface area contributed by atoms with E-state index in [9.17, 15) is 4.79 Å². The average Bonchev–Trinajstić information content (AvgIpc) is 2.09. The Hall–Kier alpha value is -0.570. The minimum absolute atomic E-state index is 0.279. The van der Waals surface area contributed by atoms with Crippen molar-refractivity contribution in [2.24, 2.45) is 5.73 Å². The van der Waals surface area contributed by atoms with E-state index < -0.39 is 11.6 Å². The topological polar surface area (TPSA) is 52.3 Å². The highest BCUT2D eigenvalue weighted by atomic mass is 16.6. The predicted molar refractivity (Wildman–Crippen MR) is 62.6 cm³/mol. The molecule has 2 N–H and O–H groups in total. The summed E-state index contributed by atoms with van der Waals surface area (Å²) in [6, 6.07) is -0.457. The van der Waals surface area contributed by atoms with Crippen LogP contribution in [0.2, 0.25) is 0 Å². The summed E-state index contributed by atoms with van der Waals surface area (Å²) in [5, 5.41) is 0. The van der Waals surface area contributed by atoms with Gasteiger partial charge in [0.15, 0.2) is 0 Å². The first-order valence-electron chi connectivity index (χ1n) is 5.85. The summed E-state index contributed by atoms with van der Waals surface area (Å²) < 4.78 is 5.19. The van der Waals surface area contributed by atoms with Crippen molar-refractivity contribution in [2.75, 3.05) is 0 Å². The van der Waals surface area contributed by atoms with Crippen LogP contribution in [0.4, 0.5) is 0 Å². The van der Waals surface area contributed by atoms with Crippen molar-refractivity contribution in [3.63, 3.8) is 0 Å². The van der Waals surface area contributed by atoms with Crippen LogP contribution >= 0.6 is 0 Å². The molecule has 0 aromatic rings. The summed E-state index contributed by atoms with van der Waals surface area (Å²) in [5.74, 6) is -0.279. The van der Waals surface area contributed by atoms with Crippen molar-refractivity contribution in [3.8, 4) is 0 Å². The molecule has 15 heavy (non-hydrogen) atoms. The second-order valence-electron chi connectivity index (χ2n) is 4.99. The number of rotatable bonds is 6. The predicted octanol–water partition coefficient (Wildman–Crippen LogP) is 2.63. The molecule has 0 fully saturated rings. The first kappa shape index (κ1) is 14.4. The van der Waals surface area contributed by atoms with Gasteiger partial charge in [-0.1, -0.05) is 32.6 Å². The maximum atomic E-state index is 11.5. The first-order chi connectivity index (χ1) is 6.87. The zero-order valence-electron chi connectivity index (χ0n) is 10.5. The van der Waals surface area contributed by atoms with Crippen LogP contribution in [0.25, 0.3) is 0 Å². The van der Waals surface area contributed by atoms with Crippen molar-refractivity contribution in [1.29, 1.82) is 0 Å². The molecule has 0 aliphatic heterocycles. The molecule has 0 bridgehead atoms. The number of hydrogen-bond acceptors (Lipinski definition) is 3. The van der Waals surface area contributed by atoms with Gasteiger partial charge < -0.3 is 10.5 Å². The van der Waals surface area contributed by atoms with E-state index in [0.717, 1.165) is 19.3 Å². The molecule has 0 spiro atoms. The van der Waals surface area contributed by atoms with Crippen LogP contribution in [0.15, 0.2) is 0 Å². The van der Waals surface area contributed by atoms with Gasteiger partial charge in [-0.25, -0.2) is 0 Å². The molecule has 0 rings (SSSR count). The van der Waals surface area contributed by atoms with E-state index in [4.69, 9.17) is 10.5 Å². The SMILES string of the molecule is CCCCCC[C@H](N)C(=O)OC(C)(C)C. The average molecular weight is 215 g/mol. The fourth-order valence-electron chi connectivity index (χ4n) is 1.29. The van der Waals surface area contributed by atoms with Crippen molar-refractivity contribution >= 4 is 5.97 Å². The van der Waals surface area contributed by atoms with Gasteiger partial charge in [0.05, 0.1) is 0 Å². The number of esters is 1. The quantitative estimate of drug-likeness (QED) is 0.547. The van der Waals surface area contributed by atoms with E-state index in [1.54, 1.807) is 0 Å². The highest BCUT2D eigenvalue weighted by Gasteiger charge is 2.21. The molecule has 90 valence electrons. The monoisotopic (exact) mass is 215 g/mol. The Morgan fingerprint density at radius 3 is 2.33 bits per heavy atom. The third-order valence-electron chi connectivity index (χ3n) is 2.08. The van der Waals surface area contributed by atoms with Crippen LogP contribution in [0.5, 0.6) is 0 Å². The van der Waals surface area contributed by atoms with Crippen LogP contribution in [0, 0.1) is 0 Å². The fourth-order valence-corrected chi connectivity index (χ4v) is 1.29. The third kappa shape index (κ3) is 8.43. The first-order valence-corrected chi connectivity index (χ1v) is 5.85. The molecule has 3 nitrogen and oxygen atoms in total. The van der Waals surface area contributed by atoms with Crippen molar-refractivity contribution in [1.82, 2.24) is 0 Å². The summed E-state index contributed by atoms with van der Waals surface area (Å²) in [4.78, 5) is 11.5. The molecule has 3 heteroatoms. The lowest BCUT2D eigenvalue weighted by molar-refractivity contribution is -0.156. The number of carbonyl (C=O) groups excluding carboxylic acids is 1. The Labute approximate surface area is 93.4 Å². The molecule has 0 saturated carbocycles. The van der Waals surface area contributed by atoms with Gasteiger partial charge in [-0.05, 0) is 27.2 Å². The van der Waals surface area contributed by atoms with Crippen molar-refractivity contribution in [2.45, 2.75) is 71.4 Å². The molecule has 0 saturated heterocycles. The highest BCUT2D eigenvalue weighted by molar-refractivity contribution is 5.75. The van der Waals surface area contributed by atoms with E-state index in [1.807, 2.05) is 20.8 Å². The van der Waals surface area contributed by atoms with Crippen LogP contribution in [0.1, 0.15) is 59.8 Å². The lowest BCUT2D eigenvalue weighted by Gasteiger charge is -2.22. The molecule has 1 atom stereocenters. The number of carbonyl (C=O) groups is 1. The summed E-state index contributed by atoms with van der Waals surface area (Å²) in [6.07, 6.45) is 5.29. The Kier molecular flexibility index (Phi) is 6.57. The number of hydrogen-bond donors (Lipinski definition) is 1. The van der Waals surface area contributed by atoms with Gasteiger partial charge in [-0.3, -0.25) is 4.79 Å². The normalized spacial score (nSPS) is 13.7. The second-order valence-corrected chi connectivity index (χ2v) is 4.99. The summed E-state index contributed by atoms with van der Waals surface area (Å²) in [6.45, 7) is 7.73. The minimum atomic E-state index is -0.457. The van der Waals surface area contributed by atoms with E-state index in [1.165, 1.54) is 12.8 Å². The van der Waals surface area contributed by atoms with Gasteiger partial charge in [0.25, 0.3) is 0 Å². The van der Waals surface area contributed by atoms with E-state index in [0.29, 0.717) is 0 Å². The van der Waals surface area contributed by atoms with Gasteiger partial charge in [-0.15, -0.1) is 0 Å². The molecule has 0 aromatic heterocycles. The lowest BCUT2D eigenvalue weighted by Crippen LogP contribution is -2.37. The number of ether oxygens (including phenoxy) is 1. The minimum Gasteiger partial charge on any atom is -0.459 e. The van der Waals surface area contributed by atoms with E-state index in [2.05, 4.69) is 6.92 Å². The number of nitrogens with two attached hydrogens (primary N) is 1. The lowest BCUT2D eigenvalue weighted by atomic mass is 10.1. The van der Waals surface area contributed by atoms with E-state index in [-0.39, 0.29) is 5.97 Å². The Balaban J connectivity index is 3.70. The van der Waals surface area contributed by atoms with Crippen LogP contribution in [0.3, 0.4) is 0 Å². The Morgan fingerprint density at radius 2 is 1.87 bits per heavy atom. The van der Waals surface area contributed by atoms with Gasteiger partial charge in [0.1, 0.15) is 11.6 Å². The van der Waals surface area contributed by atoms with Gasteiger partial charge in [0.2, 0.25) is 0 Å². The molecule has 0 aliphatic rings. The molecule has 0 heterocycles. The van der Waals surface area contributed by atoms with Crippen LogP contribution < -0.4 is 5.73 Å². The molecule has 0 aliphatic carbocycles. The standard InChI is InChI=1S/C12H25NO2/c1-5-6-7-8-9-10(13)11(14)15-12(2,3)4/h10H,5-9,13H2,1-4H3/t10-/m0/s1. The van der Waals surface area contributed by atoms with Crippen LogP contribution in [-0.4, -0.2) is 17.6 Å². The zero-order chi connectivity index (χ0) is 11.9. The summed E-state index contributed by atoms with van der Waals surface area (Å²) in [5.41, 5.74) is 5.30. The number of unbranched alkanes of at least 4 members (excludes halogenated alkanes) is 3. The molecular formula is C12H25NO2. The smallest absolute Gasteiger partial charge is 0.323 e. The zero-order valence-corrected chi connectivity index (χ0v) is 10.5. The molecule has 0 aromatic carbocycles. The van der Waals surface area contributed by atoms with Crippen LogP contribution in [-0.2, 0) is 9.53 Å².